The van der Waals surface area contributed by atoms with Crippen molar-refractivity contribution in [3.8, 4) is 0 Å². The molecule has 7 nitrogen and oxygen atoms in total. The van der Waals surface area contributed by atoms with Crippen molar-refractivity contribution in [2.45, 2.75) is 19.8 Å². The lowest BCUT2D eigenvalue weighted by Gasteiger charge is -2.12. The Kier molecular flexibility index (Phi) is 3.60. The number of nitro benzene ring substituents is 1. The number of likely N-dealkylation sites (tertiary alicyclic amines) is 1. The van der Waals surface area contributed by atoms with Gasteiger partial charge in [0.15, 0.2) is 5.78 Å². The Morgan fingerprint density at radius 3 is 2.45 bits per heavy atom. The number of hydrogen-bond donors (Lipinski definition) is 0. The number of ketones is 1. The first-order valence-electron chi connectivity index (χ1n) is 6.01. The van der Waals surface area contributed by atoms with E-state index in [9.17, 15) is 24.5 Å². The average molecular weight is 276 g/mol. The first-order valence-corrected chi connectivity index (χ1v) is 6.01. The van der Waals surface area contributed by atoms with Gasteiger partial charge in [0.25, 0.3) is 5.69 Å². The fourth-order valence-electron chi connectivity index (χ4n) is 2.01. The summed E-state index contributed by atoms with van der Waals surface area (Å²) in [5.74, 6) is -1.26. The molecule has 0 atom stereocenters. The highest BCUT2D eigenvalue weighted by Crippen LogP contribution is 2.20. The molecule has 1 fully saturated rings. The third kappa shape index (κ3) is 2.56. The number of amides is 2. The molecule has 1 heterocycles. The molecule has 1 aromatic carbocycles. The van der Waals surface area contributed by atoms with E-state index < -0.39 is 10.7 Å². The molecule has 2 amide bonds. The standard InChI is InChI=1S/C13H12N2O5/c1-8-2-3-9(6-10(8)15(19)20)11(16)7-14-12(17)4-5-13(14)18/h2-3,6H,4-5,7H2,1H3. The van der Waals surface area contributed by atoms with Crippen molar-refractivity contribution in [2.75, 3.05) is 6.54 Å². The predicted molar refractivity (Wildman–Crippen MR) is 68.1 cm³/mol. The van der Waals surface area contributed by atoms with Gasteiger partial charge in [0, 0.05) is 30.0 Å². The van der Waals surface area contributed by atoms with Crippen molar-refractivity contribution >= 4 is 23.3 Å². The lowest BCUT2D eigenvalue weighted by Crippen LogP contribution is -2.34. The summed E-state index contributed by atoms with van der Waals surface area (Å²) in [4.78, 5) is 46.0. The normalized spacial score (nSPS) is 14.8. The number of hydrogen-bond acceptors (Lipinski definition) is 5. The first-order chi connectivity index (χ1) is 9.40. The minimum atomic E-state index is -0.571. The topological polar surface area (TPSA) is 97.6 Å². The predicted octanol–water partition coefficient (Wildman–Crippen LogP) is 1.23. The number of carbonyl (C=O) groups excluding carboxylic acids is 3. The van der Waals surface area contributed by atoms with Gasteiger partial charge < -0.3 is 0 Å². The molecule has 0 aromatic heterocycles. The fourth-order valence-corrected chi connectivity index (χ4v) is 2.01. The maximum absolute atomic E-state index is 12.0. The van der Waals surface area contributed by atoms with Crippen molar-refractivity contribution in [3.63, 3.8) is 0 Å². The van der Waals surface area contributed by atoms with E-state index in [2.05, 4.69) is 0 Å². The maximum Gasteiger partial charge on any atom is 0.273 e. The molecule has 0 unspecified atom stereocenters. The summed E-state index contributed by atoms with van der Waals surface area (Å²) in [5.41, 5.74) is 0.407. The first kappa shape index (κ1) is 13.9. The van der Waals surface area contributed by atoms with Gasteiger partial charge in [-0.2, -0.15) is 0 Å². The lowest BCUT2D eigenvalue weighted by atomic mass is 10.1. The zero-order chi connectivity index (χ0) is 14.9. The van der Waals surface area contributed by atoms with Crippen molar-refractivity contribution < 1.29 is 19.3 Å². The van der Waals surface area contributed by atoms with Crippen LogP contribution in [0.5, 0.6) is 0 Å². The number of benzene rings is 1. The smallest absolute Gasteiger partial charge is 0.273 e. The zero-order valence-corrected chi connectivity index (χ0v) is 10.8. The van der Waals surface area contributed by atoms with Gasteiger partial charge in [-0.05, 0) is 6.92 Å². The number of Topliss-reactive ketones (excluding diaryl/α,β-unsaturated/α-hetero) is 1. The minimum Gasteiger partial charge on any atom is -0.292 e. The third-order valence-electron chi connectivity index (χ3n) is 3.18. The average Bonchev–Trinajstić information content (AvgIpc) is 2.70. The van der Waals surface area contributed by atoms with E-state index in [1.165, 1.54) is 18.2 Å². The molecular weight excluding hydrogens is 264 g/mol. The number of aryl methyl sites for hydroxylation is 1. The Morgan fingerprint density at radius 1 is 1.30 bits per heavy atom. The van der Waals surface area contributed by atoms with Crippen LogP contribution in [-0.2, 0) is 9.59 Å². The summed E-state index contributed by atoms with van der Waals surface area (Å²) >= 11 is 0. The Balaban J connectivity index is 2.21. The highest BCUT2D eigenvalue weighted by Gasteiger charge is 2.31. The van der Waals surface area contributed by atoms with E-state index in [1.807, 2.05) is 0 Å². The van der Waals surface area contributed by atoms with Crippen molar-refractivity contribution in [1.29, 1.82) is 0 Å². The minimum absolute atomic E-state index is 0.111. The number of imide groups is 1. The van der Waals surface area contributed by atoms with Gasteiger partial charge in [0.2, 0.25) is 11.8 Å². The number of rotatable bonds is 4. The molecule has 1 aliphatic heterocycles. The summed E-state index contributed by atoms with van der Waals surface area (Å²) in [6.45, 7) is 1.21. The molecule has 0 saturated carbocycles. The van der Waals surface area contributed by atoms with Crippen LogP contribution in [0, 0.1) is 17.0 Å². The molecule has 1 aromatic rings. The van der Waals surface area contributed by atoms with Gasteiger partial charge in [-0.25, -0.2) is 0 Å². The molecule has 20 heavy (non-hydrogen) atoms. The van der Waals surface area contributed by atoms with Crippen LogP contribution in [-0.4, -0.2) is 34.0 Å². The largest absolute Gasteiger partial charge is 0.292 e. The highest BCUT2D eigenvalue weighted by molar-refractivity contribution is 6.08. The SMILES string of the molecule is Cc1ccc(C(=O)CN2C(=O)CCC2=O)cc1[N+](=O)[O-]. The van der Waals surface area contributed by atoms with Gasteiger partial charge >= 0.3 is 0 Å². The second-order valence-electron chi connectivity index (χ2n) is 4.56. The monoisotopic (exact) mass is 276 g/mol. The quantitative estimate of drug-likeness (QED) is 0.356. The van der Waals surface area contributed by atoms with Crippen molar-refractivity contribution in [2.24, 2.45) is 0 Å². The second-order valence-corrected chi connectivity index (χ2v) is 4.56. The Labute approximate surface area is 114 Å². The molecule has 104 valence electrons. The molecule has 1 aliphatic rings. The molecule has 7 heteroatoms. The zero-order valence-electron chi connectivity index (χ0n) is 10.8. The van der Waals surface area contributed by atoms with Crippen LogP contribution in [0.1, 0.15) is 28.8 Å². The van der Waals surface area contributed by atoms with E-state index in [0.717, 1.165) is 4.90 Å². The van der Waals surface area contributed by atoms with Crippen LogP contribution in [0.15, 0.2) is 18.2 Å². The van der Waals surface area contributed by atoms with Gasteiger partial charge in [-0.3, -0.25) is 29.4 Å². The fraction of sp³-hybridized carbons (Fsp3) is 0.308. The van der Waals surface area contributed by atoms with Crippen LogP contribution >= 0.6 is 0 Å². The van der Waals surface area contributed by atoms with E-state index >= 15 is 0 Å². The number of nitrogens with zero attached hydrogens (tertiary/aromatic N) is 2. The molecule has 0 spiro atoms. The summed E-state index contributed by atoms with van der Waals surface area (Å²) in [6, 6.07) is 4.09. The van der Waals surface area contributed by atoms with Crippen LogP contribution < -0.4 is 0 Å². The molecule has 0 aliphatic carbocycles. The van der Waals surface area contributed by atoms with Gasteiger partial charge in [0.1, 0.15) is 0 Å². The Hall–Kier alpha value is -2.57. The van der Waals surface area contributed by atoms with Crippen LogP contribution in [0.2, 0.25) is 0 Å². The number of nitro groups is 1. The summed E-state index contributed by atoms with van der Waals surface area (Å²) in [6.07, 6.45) is 0.223. The maximum atomic E-state index is 12.0. The highest BCUT2D eigenvalue weighted by atomic mass is 16.6. The summed E-state index contributed by atoms with van der Waals surface area (Å²) < 4.78 is 0. The Morgan fingerprint density at radius 2 is 1.90 bits per heavy atom. The Bertz CT molecular complexity index is 607. The van der Waals surface area contributed by atoms with E-state index in [4.69, 9.17) is 0 Å². The van der Waals surface area contributed by atoms with E-state index in [1.54, 1.807) is 6.92 Å². The third-order valence-corrected chi connectivity index (χ3v) is 3.18. The van der Waals surface area contributed by atoms with Gasteiger partial charge in [-0.15, -0.1) is 0 Å². The van der Waals surface area contributed by atoms with Crippen LogP contribution in [0.3, 0.4) is 0 Å². The van der Waals surface area contributed by atoms with Crippen LogP contribution in [0.4, 0.5) is 5.69 Å². The van der Waals surface area contributed by atoms with Crippen molar-refractivity contribution in [3.05, 3.63) is 39.4 Å². The van der Waals surface area contributed by atoms with Crippen LogP contribution in [0.25, 0.3) is 0 Å². The number of carbonyl (C=O) groups is 3. The van der Waals surface area contributed by atoms with Gasteiger partial charge in [-0.1, -0.05) is 12.1 Å². The molecule has 1 saturated heterocycles. The summed E-state index contributed by atoms with van der Waals surface area (Å²) in [5, 5.41) is 10.8. The molecule has 0 radical (unpaired) electrons. The molecular formula is C13H12N2O5. The van der Waals surface area contributed by atoms with Gasteiger partial charge in [0.05, 0.1) is 11.5 Å². The lowest BCUT2D eigenvalue weighted by molar-refractivity contribution is -0.385. The molecule has 0 N–H and O–H groups in total. The van der Waals surface area contributed by atoms with E-state index in [0.29, 0.717) is 5.56 Å². The van der Waals surface area contributed by atoms with Crippen molar-refractivity contribution in [1.82, 2.24) is 4.90 Å². The molecule has 2 rings (SSSR count). The summed E-state index contributed by atoms with van der Waals surface area (Å²) in [7, 11) is 0. The van der Waals surface area contributed by atoms with E-state index in [-0.39, 0.29) is 42.5 Å². The second kappa shape index (κ2) is 5.20. The molecule has 0 bridgehead atoms.